The minimum atomic E-state index is -1.18. The lowest BCUT2D eigenvalue weighted by Crippen LogP contribution is -2.39. The smallest absolute Gasteiger partial charge is 0.323 e. The molecule has 220 valence electrons. The fraction of sp³-hybridized carbons (Fsp3) is 0.242. The van der Waals surface area contributed by atoms with Gasteiger partial charge in [0.1, 0.15) is 42.1 Å². The number of carbonyl (C=O) groups is 1. The van der Waals surface area contributed by atoms with Gasteiger partial charge in [-0.3, -0.25) is 15.1 Å². The molecule has 10 heteroatoms. The van der Waals surface area contributed by atoms with Crippen LogP contribution in [0.1, 0.15) is 40.3 Å². The molecule has 0 saturated heterocycles. The number of nitrogens with one attached hydrogen (secondary N) is 1. The van der Waals surface area contributed by atoms with Gasteiger partial charge < -0.3 is 24.4 Å². The third-order valence-corrected chi connectivity index (χ3v) is 7.61. The minimum Gasteiger partial charge on any atom is -0.497 e. The van der Waals surface area contributed by atoms with Gasteiger partial charge in [0.05, 0.1) is 24.3 Å². The fourth-order valence-electron chi connectivity index (χ4n) is 5.14. The third-order valence-electron chi connectivity index (χ3n) is 7.32. The number of carboxylic acids is 1. The molecule has 0 saturated carbocycles. The quantitative estimate of drug-likeness (QED) is 0.194. The number of pyridine rings is 1. The van der Waals surface area contributed by atoms with Gasteiger partial charge in [0.25, 0.3) is 0 Å². The fourth-order valence-corrected chi connectivity index (χ4v) is 5.37. The zero-order valence-corrected chi connectivity index (χ0v) is 24.2. The number of hydrogen-bond acceptors (Lipinski definition) is 8. The van der Waals surface area contributed by atoms with Crippen LogP contribution in [0.5, 0.6) is 17.2 Å². The molecular formula is C33H30ClN3O6. The minimum absolute atomic E-state index is 0.0690. The van der Waals surface area contributed by atoms with E-state index in [0.29, 0.717) is 33.2 Å². The molecule has 2 atom stereocenters. The maximum atomic E-state index is 11.4. The molecule has 0 unspecified atom stereocenters. The number of ether oxygens (including phenoxy) is 3. The number of nitriles is 1. The molecule has 0 spiro atoms. The summed E-state index contributed by atoms with van der Waals surface area (Å²) in [6.45, 7) is -0.402. The van der Waals surface area contributed by atoms with E-state index in [2.05, 4.69) is 34.6 Å². The van der Waals surface area contributed by atoms with Gasteiger partial charge in [-0.15, -0.1) is 0 Å². The van der Waals surface area contributed by atoms with Crippen molar-refractivity contribution in [2.24, 2.45) is 0 Å². The average molecular weight is 600 g/mol. The molecule has 3 N–H and O–H groups in total. The van der Waals surface area contributed by atoms with Crippen LogP contribution in [-0.4, -0.2) is 40.9 Å². The molecule has 1 aromatic heterocycles. The number of nitrogens with zero attached hydrogens (tertiary/aromatic N) is 2. The summed E-state index contributed by atoms with van der Waals surface area (Å²) >= 11 is 6.70. The summed E-state index contributed by atoms with van der Waals surface area (Å²) in [5.74, 6) is 0.452. The number of fused-ring (bicyclic) bond motifs is 1. The Labute approximate surface area is 254 Å². The average Bonchev–Trinajstić information content (AvgIpc) is 3.44. The van der Waals surface area contributed by atoms with Gasteiger partial charge >= 0.3 is 5.97 Å². The van der Waals surface area contributed by atoms with Crippen molar-refractivity contribution in [3.8, 4) is 34.4 Å². The molecule has 0 radical (unpaired) electrons. The Kier molecular flexibility index (Phi) is 9.42. The Morgan fingerprint density at radius 2 is 2.00 bits per heavy atom. The highest BCUT2D eigenvalue weighted by Gasteiger charge is 2.28. The van der Waals surface area contributed by atoms with Crippen LogP contribution in [-0.2, 0) is 24.4 Å². The molecule has 4 aromatic rings. The second-order valence-electron chi connectivity index (χ2n) is 10.1. The van der Waals surface area contributed by atoms with Gasteiger partial charge in [-0.05, 0) is 59.4 Å². The van der Waals surface area contributed by atoms with Gasteiger partial charge in [-0.1, -0.05) is 41.9 Å². The molecule has 1 aliphatic carbocycles. The maximum absolute atomic E-state index is 11.4. The first kappa shape index (κ1) is 29.9. The first-order valence-corrected chi connectivity index (χ1v) is 14.1. The van der Waals surface area contributed by atoms with Crippen molar-refractivity contribution in [2.45, 2.75) is 38.1 Å². The van der Waals surface area contributed by atoms with Crippen molar-refractivity contribution in [1.82, 2.24) is 10.3 Å². The Bertz CT molecular complexity index is 1670. The van der Waals surface area contributed by atoms with E-state index < -0.39 is 18.6 Å². The second-order valence-corrected chi connectivity index (χ2v) is 10.5. The Hall–Kier alpha value is -4.62. The molecular weight excluding hydrogens is 570 g/mol. The number of methoxy groups -OCH3 is 1. The largest absolute Gasteiger partial charge is 0.497 e. The van der Waals surface area contributed by atoms with Crippen LogP contribution in [0.2, 0.25) is 5.02 Å². The van der Waals surface area contributed by atoms with Gasteiger partial charge in [0, 0.05) is 36.1 Å². The number of aliphatic carboxylic acids is 1. The van der Waals surface area contributed by atoms with E-state index >= 15 is 0 Å². The number of aromatic nitrogens is 1. The number of hydrogen-bond donors (Lipinski definition) is 3. The first-order valence-electron chi connectivity index (χ1n) is 13.7. The van der Waals surface area contributed by atoms with Crippen LogP contribution in [0.25, 0.3) is 11.1 Å². The highest BCUT2D eigenvalue weighted by molar-refractivity contribution is 6.32. The lowest BCUT2D eigenvalue weighted by atomic mass is 9.96. The van der Waals surface area contributed by atoms with E-state index in [-0.39, 0.29) is 19.3 Å². The van der Waals surface area contributed by atoms with E-state index in [4.69, 9.17) is 25.8 Å². The van der Waals surface area contributed by atoms with Gasteiger partial charge in [-0.25, -0.2) is 0 Å². The number of carboxylic acid groups (broad SMARTS) is 1. The van der Waals surface area contributed by atoms with E-state index in [9.17, 15) is 20.3 Å². The molecule has 5 rings (SSSR count). The van der Waals surface area contributed by atoms with E-state index in [1.807, 2.05) is 24.3 Å². The van der Waals surface area contributed by atoms with Crippen LogP contribution in [0.4, 0.5) is 0 Å². The zero-order valence-electron chi connectivity index (χ0n) is 23.4. The Morgan fingerprint density at radius 1 is 1.16 bits per heavy atom. The summed E-state index contributed by atoms with van der Waals surface area (Å²) in [5.41, 5.74) is 6.16. The van der Waals surface area contributed by atoms with Crippen LogP contribution < -0.4 is 19.5 Å². The summed E-state index contributed by atoms with van der Waals surface area (Å²) in [6.07, 6.45) is 4.42. The van der Waals surface area contributed by atoms with Crippen molar-refractivity contribution in [3.63, 3.8) is 0 Å². The second kappa shape index (κ2) is 13.6. The number of aliphatic hydroxyl groups excluding tert-OH is 1. The van der Waals surface area contributed by atoms with E-state index in [0.717, 1.165) is 35.3 Å². The number of rotatable bonds is 12. The van der Waals surface area contributed by atoms with E-state index in [1.165, 1.54) is 11.8 Å². The van der Waals surface area contributed by atoms with Crippen LogP contribution in [0.3, 0.4) is 0 Å². The summed E-state index contributed by atoms with van der Waals surface area (Å²) in [4.78, 5) is 15.5. The lowest BCUT2D eigenvalue weighted by molar-refractivity contribution is -0.140. The Balaban J connectivity index is 1.42. The molecule has 0 bridgehead atoms. The standard InChI is InChI=1S/C33H30ClN3O6/c1-41-24-5-2-4-22(11-24)25-6-3-7-27-26(25)8-9-30(27)43-32-13-31(42-19-21-10-20(14-35)15-36-16-21)23(12-28(32)34)17-37-29(18-38)33(39)40/h2-7,10-13,15-16,29-30,37-38H,8-9,17-19H2,1H3,(H,39,40)/t29-,30-/m0/s1. The molecule has 9 nitrogen and oxygen atoms in total. The number of aliphatic hydroxyl groups is 1. The van der Waals surface area contributed by atoms with Gasteiger partial charge in [-0.2, -0.15) is 5.26 Å². The van der Waals surface area contributed by atoms with Crippen LogP contribution in [0, 0.1) is 11.3 Å². The summed E-state index contributed by atoms with van der Waals surface area (Å²) in [5, 5.41) is 31.1. The zero-order chi connectivity index (χ0) is 30.3. The summed E-state index contributed by atoms with van der Waals surface area (Å²) in [6, 6.07) is 20.1. The summed E-state index contributed by atoms with van der Waals surface area (Å²) in [7, 11) is 1.65. The van der Waals surface area contributed by atoms with Crippen molar-refractivity contribution < 1.29 is 29.2 Å². The van der Waals surface area contributed by atoms with Crippen LogP contribution >= 0.6 is 11.6 Å². The number of benzene rings is 3. The molecule has 1 aliphatic rings. The normalized spacial score (nSPS) is 14.4. The first-order chi connectivity index (χ1) is 20.9. The monoisotopic (exact) mass is 599 g/mol. The number of halogens is 1. The van der Waals surface area contributed by atoms with E-state index in [1.54, 1.807) is 31.5 Å². The van der Waals surface area contributed by atoms with Gasteiger partial charge in [0.15, 0.2) is 0 Å². The van der Waals surface area contributed by atoms with Gasteiger partial charge in [0.2, 0.25) is 0 Å². The SMILES string of the molecule is COc1cccc(-c2cccc3c2CC[C@@H]3Oc2cc(OCc3cncc(C#N)c3)c(CN[C@@H](CO)C(=O)O)cc2Cl)c1. The third kappa shape index (κ3) is 6.89. The van der Waals surface area contributed by atoms with Crippen molar-refractivity contribution in [2.75, 3.05) is 13.7 Å². The van der Waals surface area contributed by atoms with Crippen molar-refractivity contribution in [3.05, 3.63) is 106 Å². The topological polar surface area (TPSA) is 134 Å². The molecule has 1 heterocycles. The Morgan fingerprint density at radius 3 is 2.77 bits per heavy atom. The molecule has 0 fully saturated rings. The molecule has 3 aromatic carbocycles. The lowest BCUT2D eigenvalue weighted by Gasteiger charge is -2.20. The summed E-state index contributed by atoms with van der Waals surface area (Å²) < 4.78 is 18.0. The molecule has 43 heavy (non-hydrogen) atoms. The van der Waals surface area contributed by atoms with Crippen molar-refractivity contribution >= 4 is 17.6 Å². The van der Waals surface area contributed by atoms with Crippen molar-refractivity contribution in [1.29, 1.82) is 5.26 Å². The highest BCUT2D eigenvalue weighted by atomic mass is 35.5. The highest BCUT2D eigenvalue weighted by Crippen LogP contribution is 2.43. The predicted octanol–water partition coefficient (Wildman–Crippen LogP) is 5.46. The predicted molar refractivity (Wildman–Crippen MR) is 160 cm³/mol. The molecule has 0 amide bonds. The van der Waals surface area contributed by atoms with Crippen LogP contribution in [0.15, 0.2) is 73.1 Å². The molecule has 0 aliphatic heterocycles. The maximum Gasteiger partial charge on any atom is 0.323 e.